The van der Waals surface area contributed by atoms with Gasteiger partial charge in [0, 0.05) is 40.0 Å². The Morgan fingerprint density at radius 3 is 1.92 bits per heavy atom. The molecule has 2 heterocycles. The van der Waals surface area contributed by atoms with Gasteiger partial charge in [-0.05, 0) is 19.3 Å². The SMILES string of the molecule is CC(C)(C)c1cnc(C(C)(C)CCCc2cnc(C(C)(C)C)[nH]2)[nH]1. The number of nitrogens with zero attached hydrogens (tertiary/aromatic N) is 2. The molecule has 2 N–H and O–H groups in total. The number of H-pyrrole nitrogens is 2. The molecular formula is C20H34N4. The fourth-order valence-corrected chi connectivity index (χ4v) is 2.75. The first-order valence-corrected chi connectivity index (χ1v) is 9.00. The summed E-state index contributed by atoms with van der Waals surface area (Å²) < 4.78 is 0. The van der Waals surface area contributed by atoms with E-state index in [-0.39, 0.29) is 16.2 Å². The Hall–Kier alpha value is -1.58. The largest absolute Gasteiger partial charge is 0.345 e. The van der Waals surface area contributed by atoms with Crippen LogP contribution in [0.5, 0.6) is 0 Å². The Morgan fingerprint density at radius 1 is 0.792 bits per heavy atom. The van der Waals surface area contributed by atoms with Gasteiger partial charge in [0.05, 0.1) is 0 Å². The van der Waals surface area contributed by atoms with E-state index < -0.39 is 0 Å². The molecule has 0 bridgehead atoms. The topological polar surface area (TPSA) is 57.4 Å². The van der Waals surface area contributed by atoms with E-state index in [4.69, 9.17) is 0 Å². The average molecular weight is 331 g/mol. The van der Waals surface area contributed by atoms with Crippen LogP contribution in [-0.4, -0.2) is 19.9 Å². The third-order valence-electron chi connectivity index (χ3n) is 4.61. The Bertz CT molecular complexity index is 662. The first kappa shape index (κ1) is 18.8. The fourth-order valence-electron chi connectivity index (χ4n) is 2.75. The number of hydrogen-bond acceptors (Lipinski definition) is 2. The van der Waals surface area contributed by atoms with Gasteiger partial charge in [0.25, 0.3) is 0 Å². The van der Waals surface area contributed by atoms with E-state index in [1.54, 1.807) is 0 Å². The second kappa shape index (κ2) is 6.38. The molecule has 24 heavy (non-hydrogen) atoms. The number of aromatic amines is 2. The third kappa shape index (κ3) is 4.49. The summed E-state index contributed by atoms with van der Waals surface area (Å²) in [5, 5.41) is 0. The molecule has 0 amide bonds. The molecule has 0 atom stereocenters. The lowest BCUT2D eigenvalue weighted by atomic mass is 9.86. The first-order chi connectivity index (χ1) is 10.9. The Kier molecular flexibility index (Phi) is 4.98. The number of aromatic nitrogens is 4. The van der Waals surface area contributed by atoms with Gasteiger partial charge < -0.3 is 9.97 Å². The number of nitrogens with one attached hydrogen (secondary N) is 2. The van der Waals surface area contributed by atoms with Crippen molar-refractivity contribution in [2.24, 2.45) is 0 Å². The Balaban J connectivity index is 1.95. The molecule has 0 saturated heterocycles. The van der Waals surface area contributed by atoms with Crippen LogP contribution in [-0.2, 0) is 22.7 Å². The van der Waals surface area contributed by atoms with Gasteiger partial charge in [-0.15, -0.1) is 0 Å². The molecule has 0 saturated carbocycles. The molecule has 2 aromatic rings. The molecule has 0 aromatic carbocycles. The fraction of sp³-hybridized carbons (Fsp3) is 0.700. The van der Waals surface area contributed by atoms with Crippen molar-refractivity contribution in [2.45, 2.75) is 90.9 Å². The summed E-state index contributed by atoms with van der Waals surface area (Å²) in [4.78, 5) is 16.2. The van der Waals surface area contributed by atoms with E-state index >= 15 is 0 Å². The van der Waals surface area contributed by atoms with Gasteiger partial charge in [0.15, 0.2) is 0 Å². The summed E-state index contributed by atoms with van der Waals surface area (Å²) in [6.07, 6.45) is 7.21. The standard InChI is InChI=1S/C20H34N4/c1-18(2,3)15-13-22-17(24-15)20(7,8)11-9-10-14-12-21-16(23-14)19(4,5)6/h12-13H,9-11H2,1-8H3,(H,21,23)(H,22,24). The first-order valence-electron chi connectivity index (χ1n) is 9.00. The number of imidazole rings is 2. The van der Waals surface area contributed by atoms with Crippen LogP contribution in [0.1, 0.15) is 91.3 Å². The molecule has 0 aliphatic rings. The molecule has 0 unspecified atom stereocenters. The molecule has 4 heteroatoms. The van der Waals surface area contributed by atoms with Crippen LogP contribution in [0.25, 0.3) is 0 Å². The minimum Gasteiger partial charge on any atom is -0.345 e. The van der Waals surface area contributed by atoms with Gasteiger partial charge in [-0.2, -0.15) is 0 Å². The summed E-state index contributed by atoms with van der Waals surface area (Å²) in [6, 6.07) is 0. The second-order valence-corrected chi connectivity index (χ2v) is 9.64. The molecule has 0 fully saturated rings. The quantitative estimate of drug-likeness (QED) is 0.808. The lowest BCUT2D eigenvalue weighted by Gasteiger charge is -2.23. The highest BCUT2D eigenvalue weighted by atomic mass is 14.9. The summed E-state index contributed by atoms with van der Waals surface area (Å²) in [6.45, 7) is 17.7. The van der Waals surface area contributed by atoms with Crippen molar-refractivity contribution in [3.63, 3.8) is 0 Å². The predicted molar refractivity (Wildman–Crippen MR) is 101 cm³/mol. The predicted octanol–water partition coefficient (Wildman–Crippen LogP) is 5.03. The Morgan fingerprint density at radius 2 is 1.42 bits per heavy atom. The van der Waals surface area contributed by atoms with Gasteiger partial charge in [-0.25, -0.2) is 9.97 Å². The highest BCUT2D eigenvalue weighted by Gasteiger charge is 2.26. The molecule has 0 spiro atoms. The van der Waals surface area contributed by atoms with E-state index in [1.807, 2.05) is 12.4 Å². The molecule has 0 aliphatic carbocycles. The molecular weight excluding hydrogens is 296 g/mol. The normalized spacial score (nSPS) is 13.5. The molecule has 0 radical (unpaired) electrons. The van der Waals surface area contributed by atoms with Gasteiger partial charge >= 0.3 is 0 Å². The highest BCUT2D eigenvalue weighted by Crippen LogP contribution is 2.29. The lowest BCUT2D eigenvalue weighted by Crippen LogP contribution is -2.20. The zero-order valence-electron chi connectivity index (χ0n) is 16.7. The summed E-state index contributed by atoms with van der Waals surface area (Å²) in [5.74, 6) is 2.16. The smallest absolute Gasteiger partial charge is 0.111 e. The molecule has 134 valence electrons. The molecule has 0 aliphatic heterocycles. The monoisotopic (exact) mass is 330 g/mol. The van der Waals surface area contributed by atoms with Crippen molar-refractivity contribution in [2.75, 3.05) is 0 Å². The Labute approximate surface area is 146 Å². The zero-order valence-corrected chi connectivity index (χ0v) is 16.7. The molecule has 4 nitrogen and oxygen atoms in total. The maximum atomic E-state index is 4.64. The van der Waals surface area contributed by atoms with Crippen LogP contribution < -0.4 is 0 Å². The van der Waals surface area contributed by atoms with Gasteiger partial charge in [-0.3, -0.25) is 0 Å². The van der Waals surface area contributed by atoms with Crippen molar-refractivity contribution in [3.05, 3.63) is 35.4 Å². The van der Waals surface area contributed by atoms with Crippen molar-refractivity contribution >= 4 is 0 Å². The summed E-state index contributed by atoms with van der Waals surface area (Å²) in [7, 11) is 0. The third-order valence-corrected chi connectivity index (χ3v) is 4.61. The maximum Gasteiger partial charge on any atom is 0.111 e. The van der Waals surface area contributed by atoms with Crippen LogP contribution in [0.4, 0.5) is 0 Å². The van der Waals surface area contributed by atoms with Crippen molar-refractivity contribution in [1.29, 1.82) is 0 Å². The highest BCUT2D eigenvalue weighted by molar-refractivity contribution is 5.16. The minimum absolute atomic E-state index is 0.0520. The lowest BCUT2D eigenvalue weighted by molar-refractivity contribution is 0.434. The van der Waals surface area contributed by atoms with Crippen molar-refractivity contribution in [3.8, 4) is 0 Å². The van der Waals surface area contributed by atoms with E-state index in [9.17, 15) is 0 Å². The van der Waals surface area contributed by atoms with Crippen LogP contribution in [0, 0.1) is 0 Å². The van der Waals surface area contributed by atoms with E-state index in [0.717, 1.165) is 30.9 Å². The number of hydrogen-bond donors (Lipinski definition) is 2. The minimum atomic E-state index is 0.0520. The van der Waals surface area contributed by atoms with E-state index in [0.29, 0.717) is 0 Å². The zero-order chi connectivity index (χ0) is 18.2. The van der Waals surface area contributed by atoms with Crippen molar-refractivity contribution < 1.29 is 0 Å². The average Bonchev–Trinajstić information content (AvgIpc) is 3.06. The summed E-state index contributed by atoms with van der Waals surface area (Å²) in [5.41, 5.74) is 2.67. The van der Waals surface area contributed by atoms with Gasteiger partial charge in [0.1, 0.15) is 11.6 Å². The van der Waals surface area contributed by atoms with Gasteiger partial charge in [0.2, 0.25) is 0 Å². The van der Waals surface area contributed by atoms with Gasteiger partial charge in [-0.1, -0.05) is 55.4 Å². The number of aryl methyl sites for hydroxylation is 1. The summed E-state index contributed by atoms with van der Waals surface area (Å²) >= 11 is 0. The second-order valence-electron chi connectivity index (χ2n) is 9.64. The van der Waals surface area contributed by atoms with Crippen LogP contribution >= 0.6 is 0 Å². The molecule has 2 aromatic heterocycles. The van der Waals surface area contributed by atoms with E-state index in [2.05, 4.69) is 75.3 Å². The molecule has 2 rings (SSSR count). The van der Waals surface area contributed by atoms with Crippen LogP contribution in [0.15, 0.2) is 12.4 Å². The van der Waals surface area contributed by atoms with Crippen LogP contribution in [0.2, 0.25) is 0 Å². The maximum absolute atomic E-state index is 4.64. The van der Waals surface area contributed by atoms with E-state index in [1.165, 1.54) is 11.4 Å². The number of rotatable bonds is 5. The van der Waals surface area contributed by atoms with Crippen LogP contribution in [0.3, 0.4) is 0 Å². The van der Waals surface area contributed by atoms with Crippen molar-refractivity contribution in [1.82, 2.24) is 19.9 Å².